The Bertz CT molecular complexity index is 1540. The molecule has 3 aromatic carbocycles. The van der Waals surface area contributed by atoms with Crippen molar-refractivity contribution in [3.63, 3.8) is 0 Å². The van der Waals surface area contributed by atoms with E-state index in [0.717, 1.165) is 29.3 Å². The molecule has 6 nitrogen and oxygen atoms in total. The molecule has 0 saturated heterocycles. The van der Waals surface area contributed by atoms with Crippen molar-refractivity contribution in [2.24, 2.45) is 0 Å². The van der Waals surface area contributed by atoms with Crippen LogP contribution in [0.3, 0.4) is 0 Å². The van der Waals surface area contributed by atoms with Gasteiger partial charge < -0.3 is 0 Å². The van der Waals surface area contributed by atoms with Crippen LogP contribution in [-0.2, 0) is 28.5 Å². The largest absolute Gasteiger partial charge is 0.416 e. The van der Waals surface area contributed by atoms with Crippen molar-refractivity contribution in [2.75, 3.05) is 0 Å². The van der Waals surface area contributed by atoms with Gasteiger partial charge >= 0.3 is 6.18 Å². The zero-order valence-corrected chi connectivity index (χ0v) is 22.3. The van der Waals surface area contributed by atoms with Crippen LogP contribution < -0.4 is 4.72 Å². The molecule has 4 rings (SSSR count). The van der Waals surface area contributed by atoms with Gasteiger partial charge in [0.2, 0.25) is 10.0 Å². The summed E-state index contributed by atoms with van der Waals surface area (Å²) in [5.74, 6) is 0.722. The molecule has 0 amide bonds. The summed E-state index contributed by atoms with van der Waals surface area (Å²) in [6, 6.07) is 16.2. The van der Waals surface area contributed by atoms with E-state index < -0.39 is 26.7 Å². The van der Waals surface area contributed by atoms with Crippen LogP contribution in [-0.4, -0.2) is 23.2 Å². The van der Waals surface area contributed by atoms with Gasteiger partial charge in [-0.2, -0.15) is 13.2 Å². The standard InChI is InChI=1S/C24H19Cl2F3N4O2S2/c1-15-4-2-5-16(10-15)14-36-23-32-31-22(33(23)21-12-18(25)8-9-20(21)26)13-30-37(34,35)19-7-3-6-17(11-19)24(27,28)29/h2-12,30H,13-14H2,1H3. The zero-order valence-electron chi connectivity index (χ0n) is 19.1. The SMILES string of the molecule is Cc1cccc(CSc2nnc(CNS(=O)(=O)c3cccc(C(F)(F)F)c3)n2-c2cc(Cl)ccc2Cl)c1. The van der Waals surface area contributed by atoms with E-state index in [1.165, 1.54) is 11.8 Å². The average Bonchev–Trinajstić information content (AvgIpc) is 3.25. The Balaban J connectivity index is 1.65. The van der Waals surface area contributed by atoms with Crippen LogP contribution in [0.4, 0.5) is 13.2 Å². The normalized spacial score (nSPS) is 12.2. The first kappa shape index (κ1) is 27.5. The third kappa shape index (κ3) is 6.66. The molecular formula is C24H19Cl2F3N4O2S2. The Morgan fingerprint density at radius 1 is 1.00 bits per heavy atom. The molecule has 0 radical (unpaired) electrons. The van der Waals surface area contributed by atoms with Crippen LogP contribution in [0.1, 0.15) is 22.5 Å². The first-order valence-electron chi connectivity index (χ1n) is 10.7. The maximum atomic E-state index is 13.1. The third-order valence-electron chi connectivity index (χ3n) is 5.19. The van der Waals surface area contributed by atoms with Gasteiger partial charge in [0.25, 0.3) is 0 Å². The average molecular weight is 587 g/mol. The third-order valence-corrected chi connectivity index (χ3v) is 8.15. The summed E-state index contributed by atoms with van der Waals surface area (Å²) in [6.45, 7) is 1.62. The van der Waals surface area contributed by atoms with Gasteiger partial charge in [0.05, 0.1) is 27.7 Å². The van der Waals surface area contributed by atoms with Crippen molar-refractivity contribution in [3.05, 3.63) is 99.3 Å². The molecule has 0 unspecified atom stereocenters. The molecule has 0 spiro atoms. The summed E-state index contributed by atoms with van der Waals surface area (Å²) in [5.41, 5.74) is 1.50. The monoisotopic (exact) mass is 586 g/mol. The summed E-state index contributed by atoms with van der Waals surface area (Å²) in [4.78, 5) is -0.525. The number of thioether (sulfide) groups is 1. The van der Waals surface area contributed by atoms with E-state index in [9.17, 15) is 21.6 Å². The molecule has 1 heterocycles. The Kier molecular flexibility index (Phi) is 8.20. The van der Waals surface area contributed by atoms with Gasteiger partial charge in [0, 0.05) is 10.8 Å². The Labute approximate surface area is 225 Å². The molecule has 0 bridgehead atoms. The number of aromatic nitrogens is 3. The number of aryl methyl sites for hydroxylation is 1. The van der Waals surface area contributed by atoms with Crippen molar-refractivity contribution >= 4 is 45.0 Å². The topological polar surface area (TPSA) is 76.9 Å². The molecule has 13 heteroatoms. The van der Waals surface area contributed by atoms with Gasteiger partial charge in [-0.15, -0.1) is 10.2 Å². The fourth-order valence-electron chi connectivity index (χ4n) is 3.44. The number of sulfonamides is 1. The first-order chi connectivity index (χ1) is 17.4. The highest BCUT2D eigenvalue weighted by molar-refractivity contribution is 7.98. The first-order valence-corrected chi connectivity index (χ1v) is 13.9. The second-order valence-electron chi connectivity index (χ2n) is 7.96. The minimum absolute atomic E-state index is 0.173. The van der Waals surface area contributed by atoms with Crippen LogP contribution in [0.5, 0.6) is 0 Å². The highest BCUT2D eigenvalue weighted by atomic mass is 35.5. The molecular weight excluding hydrogens is 568 g/mol. The highest BCUT2D eigenvalue weighted by Crippen LogP contribution is 2.32. The molecule has 0 fully saturated rings. The van der Waals surface area contributed by atoms with Crippen molar-refractivity contribution in [3.8, 4) is 5.69 Å². The van der Waals surface area contributed by atoms with Gasteiger partial charge in [-0.3, -0.25) is 4.57 Å². The number of nitrogens with one attached hydrogen (secondary N) is 1. The predicted octanol–water partition coefficient (Wildman–Crippen LogP) is 6.67. The smallest absolute Gasteiger partial charge is 0.271 e. The number of benzene rings is 3. The lowest BCUT2D eigenvalue weighted by Gasteiger charge is -2.14. The second kappa shape index (κ2) is 11.0. The lowest BCUT2D eigenvalue weighted by Crippen LogP contribution is -2.25. The molecule has 0 aliphatic heterocycles. The van der Waals surface area contributed by atoms with Crippen LogP contribution >= 0.6 is 35.0 Å². The lowest BCUT2D eigenvalue weighted by atomic mass is 10.2. The predicted molar refractivity (Wildman–Crippen MR) is 138 cm³/mol. The van der Waals surface area contributed by atoms with Crippen molar-refractivity contribution < 1.29 is 21.6 Å². The summed E-state index contributed by atoms with van der Waals surface area (Å²) in [6.07, 6.45) is -4.68. The van der Waals surface area contributed by atoms with E-state index >= 15 is 0 Å². The van der Waals surface area contributed by atoms with E-state index in [4.69, 9.17) is 23.2 Å². The van der Waals surface area contributed by atoms with Gasteiger partial charge in [0.15, 0.2) is 11.0 Å². The number of hydrogen-bond acceptors (Lipinski definition) is 5. The van der Waals surface area contributed by atoms with Crippen LogP contribution in [0.15, 0.2) is 76.8 Å². The fourth-order valence-corrected chi connectivity index (χ4v) is 5.74. The molecule has 4 aromatic rings. The van der Waals surface area contributed by atoms with E-state index in [2.05, 4.69) is 14.9 Å². The van der Waals surface area contributed by atoms with Crippen molar-refractivity contribution in [2.45, 2.75) is 35.4 Å². The van der Waals surface area contributed by atoms with Gasteiger partial charge in [0.1, 0.15) is 0 Å². The summed E-state index contributed by atoms with van der Waals surface area (Å²) >= 11 is 14.0. The van der Waals surface area contributed by atoms with Crippen molar-refractivity contribution in [1.82, 2.24) is 19.5 Å². The minimum Gasteiger partial charge on any atom is -0.271 e. The number of hydrogen-bond donors (Lipinski definition) is 1. The Morgan fingerprint density at radius 3 is 2.49 bits per heavy atom. The molecule has 37 heavy (non-hydrogen) atoms. The quantitative estimate of drug-likeness (QED) is 0.233. The maximum absolute atomic E-state index is 13.1. The summed E-state index contributed by atoms with van der Waals surface area (Å²) in [5, 5.41) is 9.48. The summed E-state index contributed by atoms with van der Waals surface area (Å²) in [7, 11) is -4.31. The Morgan fingerprint density at radius 2 is 1.76 bits per heavy atom. The minimum atomic E-state index is -4.68. The van der Waals surface area contributed by atoms with E-state index in [1.807, 2.05) is 31.2 Å². The van der Waals surface area contributed by atoms with Gasteiger partial charge in [-0.05, 0) is 48.9 Å². The fraction of sp³-hybridized carbons (Fsp3) is 0.167. The molecule has 1 N–H and O–H groups in total. The molecule has 0 aliphatic rings. The number of alkyl halides is 3. The van der Waals surface area contributed by atoms with E-state index in [1.54, 1.807) is 22.8 Å². The number of halogens is 5. The van der Waals surface area contributed by atoms with Crippen LogP contribution in [0.2, 0.25) is 10.0 Å². The van der Waals surface area contributed by atoms with Gasteiger partial charge in [-0.25, -0.2) is 13.1 Å². The van der Waals surface area contributed by atoms with Gasteiger partial charge in [-0.1, -0.05) is 70.9 Å². The van der Waals surface area contributed by atoms with E-state index in [0.29, 0.717) is 32.7 Å². The van der Waals surface area contributed by atoms with Crippen molar-refractivity contribution in [1.29, 1.82) is 0 Å². The second-order valence-corrected chi connectivity index (χ2v) is 11.5. The highest BCUT2D eigenvalue weighted by Gasteiger charge is 2.31. The maximum Gasteiger partial charge on any atom is 0.416 e. The molecule has 1 aromatic heterocycles. The molecule has 0 atom stereocenters. The van der Waals surface area contributed by atoms with Crippen LogP contribution in [0, 0.1) is 6.92 Å². The summed E-state index contributed by atoms with van der Waals surface area (Å²) < 4.78 is 68.7. The Hall–Kier alpha value is -2.57. The number of rotatable bonds is 8. The molecule has 0 aliphatic carbocycles. The van der Waals surface area contributed by atoms with E-state index in [-0.39, 0.29) is 12.4 Å². The number of nitrogens with zero attached hydrogens (tertiary/aromatic N) is 3. The van der Waals surface area contributed by atoms with Crippen LogP contribution in [0.25, 0.3) is 5.69 Å². The molecule has 194 valence electrons. The molecule has 0 saturated carbocycles. The lowest BCUT2D eigenvalue weighted by molar-refractivity contribution is -0.137. The zero-order chi connectivity index (χ0) is 26.8.